The van der Waals surface area contributed by atoms with Gasteiger partial charge in [-0.3, -0.25) is 4.79 Å². The second kappa shape index (κ2) is 7.22. The van der Waals surface area contributed by atoms with Gasteiger partial charge in [-0.15, -0.1) is 10.2 Å². The molecule has 20 heavy (non-hydrogen) atoms. The molecule has 0 aliphatic carbocycles. The van der Waals surface area contributed by atoms with E-state index >= 15 is 0 Å². The maximum absolute atomic E-state index is 12.4. The van der Waals surface area contributed by atoms with Gasteiger partial charge in [0.25, 0.3) is 5.91 Å². The number of aromatic nitrogens is 2. The maximum Gasteiger partial charge on any atom is 0.274 e. The van der Waals surface area contributed by atoms with Crippen LogP contribution in [-0.2, 0) is 0 Å². The van der Waals surface area contributed by atoms with Gasteiger partial charge in [0, 0.05) is 26.2 Å². The Kier molecular flexibility index (Phi) is 5.32. The molecular weight excluding hydrogens is 252 g/mol. The van der Waals surface area contributed by atoms with Gasteiger partial charge in [0.05, 0.1) is 0 Å². The third kappa shape index (κ3) is 3.46. The number of rotatable bonds is 6. The molecule has 1 amide bonds. The van der Waals surface area contributed by atoms with Crippen molar-refractivity contribution in [2.24, 2.45) is 0 Å². The van der Waals surface area contributed by atoms with Crippen molar-refractivity contribution in [3.05, 3.63) is 17.8 Å². The van der Waals surface area contributed by atoms with E-state index in [1.54, 1.807) is 6.07 Å². The highest BCUT2D eigenvalue weighted by Crippen LogP contribution is 2.17. The second-order valence-electron chi connectivity index (χ2n) is 5.26. The van der Waals surface area contributed by atoms with E-state index < -0.39 is 0 Å². The van der Waals surface area contributed by atoms with Gasteiger partial charge in [-0.2, -0.15) is 0 Å². The first-order valence-electron chi connectivity index (χ1n) is 7.64. The molecule has 1 saturated heterocycles. The van der Waals surface area contributed by atoms with Crippen LogP contribution in [0.5, 0.6) is 0 Å². The zero-order valence-electron chi connectivity index (χ0n) is 12.5. The van der Waals surface area contributed by atoms with Gasteiger partial charge in [-0.25, -0.2) is 0 Å². The zero-order chi connectivity index (χ0) is 14.4. The van der Waals surface area contributed by atoms with Crippen LogP contribution in [0.4, 0.5) is 5.82 Å². The number of anilines is 1. The molecule has 0 saturated carbocycles. The lowest BCUT2D eigenvalue weighted by molar-refractivity contribution is 0.0748. The van der Waals surface area contributed by atoms with E-state index in [0.717, 1.165) is 44.8 Å². The fourth-order valence-corrected chi connectivity index (χ4v) is 2.57. The molecule has 0 aromatic carbocycles. The third-order valence-corrected chi connectivity index (χ3v) is 3.57. The summed E-state index contributed by atoms with van der Waals surface area (Å²) in [5.74, 6) is 0.880. The van der Waals surface area contributed by atoms with Crippen molar-refractivity contribution >= 4 is 11.7 Å². The van der Waals surface area contributed by atoms with Crippen LogP contribution in [0.2, 0.25) is 0 Å². The topological polar surface area (TPSA) is 49.3 Å². The van der Waals surface area contributed by atoms with Crippen molar-refractivity contribution in [1.29, 1.82) is 0 Å². The SMILES string of the molecule is CCCN(CCC)C(=O)c1ccc(N2CCCC2)nn1. The molecule has 1 aromatic heterocycles. The molecule has 0 spiro atoms. The van der Waals surface area contributed by atoms with Gasteiger partial charge in [-0.1, -0.05) is 13.8 Å². The van der Waals surface area contributed by atoms with Gasteiger partial charge in [0.2, 0.25) is 0 Å². The summed E-state index contributed by atoms with van der Waals surface area (Å²) in [5, 5.41) is 8.34. The number of amides is 1. The molecule has 2 heterocycles. The van der Waals surface area contributed by atoms with E-state index in [4.69, 9.17) is 0 Å². The second-order valence-corrected chi connectivity index (χ2v) is 5.26. The highest BCUT2D eigenvalue weighted by atomic mass is 16.2. The van der Waals surface area contributed by atoms with E-state index in [9.17, 15) is 4.79 Å². The zero-order valence-corrected chi connectivity index (χ0v) is 12.5. The fourth-order valence-electron chi connectivity index (χ4n) is 2.57. The highest BCUT2D eigenvalue weighted by molar-refractivity contribution is 5.92. The van der Waals surface area contributed by atoms with Crippen LogP contribution in [-0.4, -0.2) is 47.2 Å². The summed E-state index contributed by atoms with van der Waals surface area (Å²) in [6.45, 7) is 7.81. The Balaban J connectivity index is 2.05. The summed E-state index contributed by atoms with van der Waals surface area (Å²) < 4.78 is 0. The van der Waals surface area contributed by atoms with Crippen molar-refractivity contribution in [2.45, 2.75) is 39.5 Å². The lowest BCUT2D eigenvalue weighted by Crippen LogP contribution is -2.33. The van der Waals surface area contributed by atoms with Crippen molar-refractivity contribution in [3.63, 3.8) is 0 Å². The Morgan fingerprint density at radius 3 is 2.30 bits per heavy atom. The van der Waals surface area contributed by atoms with Crippen LogP contribution in [0, 0.1) is 0 Å². The van der Waals surface area contributed by atoms with Crippen molar-refractivity contribution in [3.8, 4) is 0 Å². The van der Waals surface area contributed by atoms with Crippen LogP contribution >= 0.6 is 0 Å². The Hall–Kier alpha value is -1.65. The molecule has 1 aliphatic heterocycles. The molecule has 0 bridgehead atoms. The Labute approximate surface area is 121 Å². The van der Waals surface area contributed by atoms with Crippen molar-refractivity contribution < 1.29 is 4.79 Å². The largest absolute Gasteiger partial charge is 0.355 e. The summed E-state index contributed by atoms with van der Waals surface area (Å²) in [5.41, 5.74) is 0.454. The van der Waals surface area contributed by atoms with E-state index in [0.29, 0.717) is 5.69 Å². The Morgan fingerprint density at radius 1 is 1.15 bits per heavy atom. The Morgan fingerprint density at radius 2 is 1.80 bits per heavy atom. The summed E-state index contributed by atoms with van der Waals surface area (Å²) in [4.78, 5) is 16.4. The third-order valence-electron chi connectivity index (χ3n) is 3.57. The van der Waals surface area contributed by atoms with E-state index in [1.807, 2.05) is 11.0 Å². The minimum absolute atomic E-state index is 0.00540. The minimum Gasteiger partial charge on any atom is -0.355 e. The minimum atomic E-state index is -0.00540. The quantitative estimate of drug-likeness (QED) is 0.800. The molecule has 1 aliphatic rings. The van der Waals surface area contributed by atoms with Crippen LogP contribution in [0.25, 0.3) is 0 Å². The predicted octanol–water partition coefficient (Wildman–Crippen LogP) is 2.34. The summed E-state index contributed by atoms with van der Waals surface area (Å²) >= 11 is 0. The number of hydrogen-bond acceptors (Lipinski definition) is 4. The molecule has 5 heteroatoms. The predicted molar refractivity (Wildman–Crippen MR) is 80.0 cm³/mol. The van der Waals surface area contributed by atoms with Crippen LogP contribution in [0.1, 0.15) is 50.0 Å². The average molecular weight is 276 g/mol. The molecule has 0 radical (unpaired) electrons. The van der Waals surface area contributed by atoms with E-state index in [-0.39, 0.29) is 5.91 Å². The molecule has 0 atom stereocenters. The highest BCUT2D eigenvalue weighted by Gasteiger charge is 2.18. The normalized spacial score (nSPS) is 14.6. The van der Waals surface area contributed by atoms with Gasteiger partial charge >= 0.3 is 0 Å². The van der Waals surface area contributed by atoms with Gasteiger partial charge < -0.3 is 9.80 Å². The first kappa shape index (κ1) is 14.8. The van der Waals surface area contributed by atoms with E-state index in [1.165, 1.54) is 12.8 Å². The number of nitrogens with zero attached hydrogens (tertiary/aromatic N) is 4. The summed E-state index contributed by atoms with van der Waals surface area (Å²) in [6.07, 6.45) is 4.35. The number of carbonyl (C=O) groups is 1. The summed E-state index contributed by atoms with van der Waals surface area (Å²) in [7, 11) is 0. The fraction of sp³-hybridized carbons (Fsp3) is 0.667. The van der Waals surface area contributed by atoms with Gasteiger partial charge in [0.1, 0.15) is 0 Å². The molecule has 2 rings (SSSR count). The van der Waals surface area contributed by atoms with E-state index in [2.05, 4.69) is 28.9 Å². The first-order chi connectivity index (χ1) is 9.76. The molecule has 1 aromatic rings. The lowest BCUT2D eigenvalue weighted by Gasteiger charge is -2.21. The van der Waals surface area contributed by atoms with Crippen LogP contribution in [0.3, 0.4) is 0 Å². The molecular formula is C15H24N4O. The van der Waals surface area contributed by atoms with Crippen LogP contribution < -0.4 is 4.90 Å². The van der Waals surface area contributed by atoms with Crippen LogP contribution in [0.15, 0.2) is 12.1 Å². The standard InChI is InChI=1S/C15H24N4O/c1-3-9-19(10-4-2)15(20)13-7-8-14(17-16-13)18-11-5-6-12-18/h7-8H,3-6,9-12H2,1-2H3. The van der Waals surface area contributed by atoms with Crippen molar-refractivity contribution in [1.82, 2.24) is 15.1 Å². The monoisotopic (exact) mass is 276 g/mol. The molecule has 110 valence electrons. The average Bonchev–Trinajstić information content (AvgIpc) is 3.01. The molecule has 5 nitrogen and oxygen atoms in total. The maximum atomic E-state index is 12.4. The molecule has 0 N–H and O–H groups in total. The molecule has 1 fully saturated rings. The first-order valence-corrected chi connectivity index (χ1v) is 7.64. The smallest absolute Gasteiger partial charge is 0.274 e. The number of carbonyl (C=O) groups excluding carboxylic acids is 1. The number of hydrogen-bond donors (Lipinski definition) is 0. The molecule has 0 unspecified atom stereocenters. The van der Waals surface area contributed by atoms with Gasteiger partial charge in [0.15, 0.2) is 11.5 Å². The lowest BCUT2D eigenvalue weighted by atomic mass is 10.3. The summed E-state index contributed by atoms with van der Waals surface area (Å²) in [6, 6.07) is 3.73. The van der Waals surface area contributed by atoms with Gasteiger partial charge in [-0.05, 0) is 37.8 Å². The Bertz CT molecular complexity index is 420. The van der Waals surface area contributed by atoms with Crippen molar-refractivity contribution in [2.75, 3.05) is 31.1 Å².